The van der Waals surface area contributed by atoms with E-state index in [1.165, 1.54) is 18.2 Å². The molecule has 0 spiro atoms. The van der Waals surface area contributed by atoms with Gasteiger partial charge in [0.25, 0.3) is 0 Å². The second-order valence-corrected chi connectivity index (χ2v) is 4.39. The van der Waals surface area contributed by atoms with Crippen molar-refractivity contribution in [2.45, 2.75) is 13.3 Å². The van der Waals surface area contributed by atoms with Crippen LogP contribution in [0.4, 0.5) is 17.6 Å². The van der Waals surface area contributed by atoms with Gasteiger partial charge in [-0.3, -0.25) is 0 Å². The Kier molecular flexibility index (Phi) is 3.85. The molecule has 2 aromatic rings. The fraction of sp³-hybridized carbons (Fsp3) is 0.133. The predicted octanol–water partition coefficient (Wildman–Crippen LogP) is 4.57. The molecular formula is C15H9F4NO. The van der Waals surface area contributed by atoms with Crippen LogP contribution in [0.15, 0.2) is 36.4 Å². The summed E-state index contributed by atoms with van der Waals surface area (Å²) in [6.07, 6.45) is -4.88. The monoisotopic (exact) mass is 295 g/mol. The molecule has 0 fully saturated rings. The maximum absolute atomic E-state index is 13.9. The molecule has 0 N–H and O–H groups in total. The minimum Gasteiger partial charge on any atom is -0.406 e. The Morgan fingerprint density at radius 3 is 2.38 bits per heavy atom. The SMILES string of the molecule is Cc1ccc(-c2cc(C#N)cc(OC(F)(F)F)c2)c(F)c1. The summed E-state index contributed by atoms with van der Waals surface area (Å²) in [7, 11) is 0. The molecule has 2 aromatic carbocycles. The lowest BCUT2D eigenvalue weighted by atomic mass is 10.0. The highest BCUT2D eigenvalue weighted by Crippen LogP contribution is 2.31. The summed E-state index contributed by atoms with van der Waals surface area (Å²) in [5.74, 6) is -1.14. The van der Waals surface area contributed by atoms with Crippen LogP contribution in [0.25, 0.3) is 11.1 Å². The largest absolute Gasteiger partial charge is 0.573 e. The molecular weight excluding hydrogens is 286 g/mol. The number of nitriles is 1. The number of hydrogen-bond acceptors (Lipinski definition) is 2. The van der Waals surface area contributed by atoms with Gasteiger partial charge in [-0.25, -0.2) is 4.39 Å². The Hall–Kier alpha value is -2.55. The van der Waals surface area contributed by atoms with Crippen molar-refractivity contribution in [3.8, 4) is 22.9 Å². The van der Waals surface area contributed by atoms with Crippen LogP contribution in [-0.4, -0.2) is 6.36 Å². The molecule has 0 atom stereocenters. The van der Waals surface area contributed by atoms with Crippen molar-refractivity contribution in [1.29, 1.82) is 5.26 Å². The van der Waals surface area contributed by atoms with E-state index in [1.807, 2.05) is 0 Å². The Morgan fingerprint density at radius 2 is 1.81 bits per heavy atom. The fourth-order valence-electron chi connectivity index (χ4n) is 1.87. The Bertz CT molecular complexity index is 717. The van der Waals surface area contributed by atoms with E-state index < -0.39 is 17.9 Å². The number of halogens is 4. The second kappa shape index (κ2) is 5.44. The topological polar surface area (TPSA) is 33.0 Å². The van der Waals surface area contributed by atoms with Gasteiger partial charge in [0.05, 0.1) is 11.6 Å². The molecule has 0 aliphatic heterocycles. The van der Waals surface area contributed by atoms with Crippen LogP contribution < -0.4 is 4.74 Å². The zero-order valence-corrected chi connectivity index (χ0v) is 10.8. The van der Waals surface area contributed by atoms with Gasteiger partial charge < -0.3 is 4.74 Å². The molecule has 108 valence electrons. The molecule has 2 rings (SSSR count). The van der Waals surface area contributed by atoms with Crippen LogP contribution in [0, 0.1) is 24.1 Å². The number of rotatable bonds is 2. The minimum atomic E-state index is -4.88. The highest BCUT2D eigenvalue weighted by atomic mass is 19.4. The Labute approximate surface area is 118 Å². The summed E-state index contributed by atoms with van der Waals surface area (Å²) in [4.78, 5) is 0. The summed E-state index contributed by atoms with van der Waals surface area (Å²) >= 11 is 0. The molecule has 0 radical (unpaired) electrons. The number of benzene rings is 2. The van der Waals surface area contributed by atoms with Gasteiger partial charge in [0, 0.05) is 5.56 Å². The van der Waals surface area contributed by atoms with Crippen molar-refractivity contribution in [2.75, 3.05) is 0 Å². The third-order valence-electron chi connectivity index (χ3n) is 2.70. The maximum Gasteiger partial charge on any atom is 0.573 e. The van der Waals surface area contributed by atoms with E-state index in [1.54, 1.807) is 19.1 Å². The average molecular weight is 295 g/mol. The number of ether oxygens (including phenoxy) is 1. The van der Waals surface area contributed by atoms with Crippen molar-refractivity contribution in [3.05, 3.63) is 53.3 Å². The molecule has 0 aliphatic carbocycles. The third-order valence-corrected chi connectivity index (χ3v) is 2.70. The standard InChI is InChI=1S/C15H9F4NO/c1-9-2-3-13(14(16)4-9)11-5-10(8-20)6-12(7-11)21-15(17,18)19/h2-7H,1H3. The van der Waals surface area contributed by atoms with Gasteiger partial charge in [-0.15, -0.1) is 13.2 Å². The first-order chi connectivity index (χ1) is 9.78. The number of hydrogen-bond donors (Lipinski definition) is 0. The average Bonchev–Trinajstić information content (AvgIpc) is 2.36. The van der Waals surface area contributed by atoms with E-state index >= 15 is 0 Å². The molecule has 0 heterocycles. The van der Waals surface area contributed by atoms with Gasteiger partial charge in [0.1, 0.15) is 11.6 Å². The van der Waals surface area contributed by atoms with Crippen molar-refractivity contribution in [2.24, 2.45) is 0 Å². The van der Waals surface area contributed by atoms with Gasteiger partial charge in [0.2, 0.25) is 0 Å². The smallest absolute Gasteiger partial charge is 0.406 e. The van der Waals surface area contributed by atoms with E-state index in [4.69, 9.17) is 5.26 Å². The first kappa shape index (κ1) is 14.9. The molecule has 0 aromatic heterocycles. The molecule has 2 nitrogen and oxygen atoms in total. The van der Waals surface area contributed by atoms with Gasteiger partial charge in [-0.05, 0) is 42.3 Å². The Balaban J connectivity index is 2.53. The zero-order chi connectivity index (χ0) is 15.6. The van der Waals surface area contributed by atoms with Crippen molar-refractivity contribution >= 4 is 0 Å². The first-order valence-corrected chi connectivity index (χ1v) is 5.86. The third kappa shape index (κ3) is 3.72. The highest BCUT2D eigenvalue weighted by Gasteiger charge is 2.31. The Morgan fingerprint density at radius 1 is 1.10 bits per heavy atom. The summed E-state index contributed by atoms with van der Waals surface area (Å²) in [6, 6.07) is 9.35. The van der Waals surface area contributed by atoms with Crippen LogP contribution in [-0.2, 0) is 0 Å². The van der Waals surface area contributed by atoms with Gasteiger partial charge in [-0.1, -0.05) is 12.1 Å². The van der Waals surface area contributed by atoms with Crippen LogP contribution >= 0.6 is 0 Å². The van der Waals surface area contributed by atoms with Crippen LogP contribution in [0.3, 0.4) is 0 Å². The van der Waals surface area contributed by atoms with Crippen molar-refractivity contribution in [1.82, 2.24) is 0 Å². The lowest BCUT2D eigenvalue weighted by Gasteiger charge is -2.11. The van der Waals surface area contributed by atoms with E-state index in [0.717, 1.165) is 12.1 Å². The highest BCUT2D eigenvalue weighted by molar-refractivity contribution is 5.68. The molecule has 0 aliphatic rings. The predicted molar refractivity (Wildman–Crippen MR) is 68.0 cm³/mol. The van der Waals surface area contributed by atoms with E-state index in [-0.39, 0.29) is 16.7 Å². The first-order valence-electron chi connectivity index (χ1n) is 5.86. The van der Waals surface area contributed by atoms with Crippen molar-refractivity contribution < 1.29 is 22.3 Å². The normalized spacial score (nSPS) is 11.0. The van der Waals surface area contributed by atoms with Crippen LogP contribution in [0.2, 0.25) is 0 Å². The van der Waals surface area contributed by atoms with Crippen molar-refractivity contribution in [3.63, 3.8) is 0 Å². The molecule has 0 bridgehead atoms. The lowest BCUT2D eigenvalue weighted by molar-refractivity contribution is -0.274. The molecule has 0 saturated carbocycles. The molecule has 6 heteroatoms. The van der Waals surface area contributed by atoms with E-state index in [9.17, 15) is 17.6 Å². The lowest BCUT2D eigenvalue weighted by Crippen LogP contribution is -2.17. The maximum atomic E-state index is 13.9. The zero-order valence-electron chi connectivity index (χ0n) is 10.8. The van der Waals surface area contributed by atoms with Gasteiger partial charge >= 0.3 is 6.36 Å². The van der Waals surface area contributed by atoms with Gasteiger partial charge in [0.15, 0.2) is 0 Å². The van der Waals surface area contributed by atoms with Crippen LogP contribution in [0.1, 0.15) is 11.1 Å². The van der Waals surface area contributed by atoms with E-state index in [2.05, 4.69) is 4.74 Å². The summed E-state index contributed by atoms with van der Waals surface area (Å²) < 4.78 is 54.5. The second-order valence-electron chi connectivity index (χ2n) is 4.39. The molecule has 0 saturated heterocycles. The molecule has 0 unspecified atom stereocenters. The van der Waals surface area contributed by atoms with Crippen LogP contribution in [0.5, 0.6) is 5.75 Å². The van der Waals surface area contributed by atoms with Gasteiger partial charge in [-0.2, -0.15) is 5.26 Å². The number of aryl methyl sites for hydroxylation is 1. The number of nitrogens with zero attached hydrogens (tertiary/aromatic N) is 1. The fourth-order valence-corrected chi connectivity index (χ4v) is 1.87. The van der Waals surface area contributed by atoms with E-state index in [0.29, 0.717) is 5.56 Å². The summed E-state index contributed by atoms with van der Waals surface area (Å²) in [5, 5.41) is 8.86. The summed E-state index contributed by atoms with van der Waals surface area (Å²) in [5.41, 5.74) is 0.877. The quantitative estimate of drug-likeness (QED) is 0.760. The minimum absolute atomic E-state index is 0.0493. The number of alkyl halides is 3. The molecule has 0 amide bonds. The summed E-state index contributed by atoms with van der Waals surface area (Å²) in [6.45, 7) is 1.69. The molecule has 21 heavy (non-hydrogen) atoms.